The van der Waals surface area contributed by atoms with Gasteiger partial charge in [0.1, 0.15) is 11.9 Å². The first-order valence-corrected chi connectivity index (χ1v) is 5.89. The number of aliphatic carboxylic acids is 1. The van der Waals surface area contributed by atoms with E-state index in [2.05, 4.69) is 10.3 Å². The molecule has 1 aromatic heterocycles. The Kier molecular flexibility index (Phi) is 3.52. The third-order valence-electron chi connectivity index (χ3n) is 2.34. The van der Waals surface area contributed by atoms with Crippen molar-refractivity contribution in [2.75, 3.05) is 0 Å². The van der Waals surface area contributed by atoms with Gasteiger partial charge in [0.2, 0.25) is 6.41 Å². The lowest BCUT2D eigenvalue weighted by molar-refractivity contribution is -0.140. The number of benzene rings is 1. The molecular formula is C11H9FN2O3S. The maximum atomic E-state index is 13.0. The number of nitrogens with zero attached hydrogens (tertiary/aromatic N) is 1. The number of carbonyl (C=O) groups is 2. The summed E-state index contributed by atoms with van der Waals surface area (Å²) < 4.78 is 13.6. The molecule has 0 fully saturated rings. The molecule has 2 rings (SSSR count). The normalized spacial score (nSPS) is 12.3. The zero-order chi connectivity index (χ0) is 13.1. The van der Waals surface area contributed by atoms with E-state index in [9.17, 15) is 14.0 Å². The Balaban J connectivity index is 2.25. The third kappa shape index (κ3) is 2.62. The zero-order valence-electron chi connectivity index (χ0n) is 9.09. The molecule has 1 atom stereocenters. The Morgan fingerprint density at radius 1 is 1.61 bits per heavy atom. The second kappa shape index (κ2) is 5.09. The number of amides is 1. The van der Waals surface area contributed by atoms with Crippen LogP contribution in [-0.4, -0.2) is 28.5 Å². The first-order valence-electron chi connectivity index (χ1n) is 5.07. The third-order valence-corrected chi connectivity index (χ3v) is 3.38. The second-order valence-corrected chi connectivity index (χ2v) is 4.71. The van der Waals surface area contributed by atoms with E-state index in [1.165, 1.54) is 29.5 Å². The van der Waals surface area contributed by atoms with Crippen molar-refractivity contribution in [1.82, 2.24) is 10.3 Å². The van der Waals surface area contributed by atoms with Gasteiger partial charge in [0.05, 0.1) is 15.2 Å². The van der Waals surface area contributed by atoms with Gasteiger partial charge in [-0.05, 0) is 18.2 Å². The fourth-order valence-electron chi connectivity index (χ4n) is 1.51. The van der Waals surface area contributed by atoms with Crippen LogP contribution in [0.2, 0.25) is 0 Å². The standard InChI is InChI=1S/C11H9FN2O3S/c12-6-1-2-7-9(3-6)18-10(14-7)4-8(11(16)17)13-5-15/h1-3,5,8H,4H2,(H,13,15)(H,16,17). The van der Waals surface area contributed by atoms with Crippen LogP contribution < -0.4 is 5.32 Å². The van der Waals surface area contributed by atoms with Crippen LogP contribution in [0.1, 0.15) is 5.01 Å². The summed E-state index contributed by atoms with van der Waals surface area (Å²) in [4.78, 5) is 25.3. The quantitative estimate of drug-likeness (QED) is 0.798. The molecule has 1 heterocycles. The number of carboxylic acids is 1. The number of aromatic nitrogens is 1. The maximum Gasteiger partial charge on any atom is 0.326 e. The number of carboxylic acid groups (broad SMARTS) is 1. The lowest BCUT2D eigenvalue weighted by Crippen LogP contribution is -2.37. The predicted molar refractivity (Wildman–Crippen MR) is 63.9 cm³/mol. The van der Waals surface area contributed by atoms with Gasteiger partial charge >= 0.3 is 5.97 Å². The van der Waals surface area contributed by atoms with E-state index < -0.39 is 12.0 Å². The number of halogens is 1. The van der Waals surface area contributed by atoms with Crippen molar-refractivity contribution >= 4 is 33.9 Å². The molecule has 0 bridgehead atoms. The van der Waals surface area contributed by atoms with Crippen molar-refractivity contribution in [3.63, 3.8) is 0 Å². The van der Waals surface area contributed by atoms with E-state index >= 15 is 0 Å². The van der Waals surface area contributed by atoms with Gasteiger partial charge < -0.3 is 10.4 Å². The molecule has 1 unspecified atom stereocenters. The molecule has 2 aromatic rings. The van der Waals surface area contributed by atoms with Crippen molar-refractivity contribution in [3.8, 4) is 0 Å². The van der Waals surface area contributed by atoms with Crippen LogP contribution in [0.3, 0.4) is 0 Å². The van der Waals surface area contributed by atoms with E-state index in [1.54, 1.807) is 0 Å². The number of carbonyl (C=O) groups excluding carboxylic acids is 1. The Hall–Kier alpha value is -2.02. The minimum Gasteiger partial charge on any atom is -0.480 e. The van der Waals surface area contributed by atoms with Crippen LogP contribution in [0.15, 0.2) is 18.2 Å². The predicted octanol–water partition coefficient (Wildman–Crippen LogP) is 1.18. The lowest BCUT2D eigenvalue weighted by Gasteiger charge is -2.07. The monoisotopic (exact) mass is 268 g/mol. The molecule has 0 aliphatic rings. The van der Waals surface area contributed by atoms with Gasteiger partial charge in [-0.3, -0.25) is 4.79 Å². The number of hydrogen-bond acceptors (Lipinski definition) is 4. The average molecular weight is 268 g/mol. The van der Waals surface area contributed by atoms with Gasteiger partial charge in [-0.1, -0.05) is 0 Å². The molecule has 18 heavy (non-hydrogen) atoms. The van der Waals surface area contributed by atoms with Crippen molar-refractivity contribution < 1.29 is 19.1 Å². The Bertz CT molecular complexity index is 599. The van der Waals surface area contributed by atoms with E-state index in [0.717, 1.165) is 0 Å². The molecule has 1 amide bonds. The molecule has 1 aromatic carbocycles. The van der Waals surface area contributed by atoms with Gasteiger partial charge in [0.15, 0.2) is 0 Å². The van der Waals surface area contributed by atoms with Crippen LogP contribution in [0, 0.1) is 5.82 Å². The molecule has 0 aliphatic heterocycles. The summed E-state index contributed by atoms with van der Waals surface area (Å²) in [6, 6.07) is 3.16. The molecule has 94 valence electrons. The van der Waals surface area contributed by atoms with Gasteiger partial charge in [-0.2, -0.15) is 0 Å². The summed E-state index contributed by atoms with van der Waals surface area (Å²) >= 11 is 1.21. The number of fused-ring (bicyclic) bond motifs is 1. The molecule has 0 saturated carbocycles. The molecule has 0 saturated heterocycles. The molecule has 0 aliphatic carbocycles. The summed E-state index contributed by atoms with van der Waals surface area (Å²) in [5, 5.41) is 11.6. The number of nitrogens with one attached hydrogen (secondary N) is 1. The number of rotatable bonds is 5. The largest absolute Gasteiger partial charge is 0.480 e. The molecular weight excluding hydrogens is 259 g/mol. The SMILES string of the molecule is O=CNC(Cc1nc2ccc(F)cc2s1)C(=O)O. The molecule has 7 heteroatoms. The second-order valence-electron chi connectivity index (χ2n) is 3.60. The highest BCUT2D eigenvalue weighted by Gasteiger charge is 2.19. The van der Waals surface area contributed by atoms with Crippen molar-refractivity contribution in [2.45, 2.75) is 12.5 Å². The summed E-state index contributed by atoms with van der Waals surface area (Å²) in [5.41, 5.74) is 0.617. The zero-order valence-corrected chi connectivity index (χ0v) is 9.91. The fourth-order valence-corrected chi connectivity index (χ4v) is 2.55. The Morgan fingerprint density at radius 3 is 3.06 bits per heavy atom. The lowest BCUT2D eigenvalue weighted by atomic mass is 10.2. The van der Waals surface area contributed by atoms with Crippen LogP contribution in [0.5, 0.6) is 0 Å². The summed E-state index contributed by atoms with van der Waals surface area (Å²) in [5.74, 6) is -1.49. The Labute approximate surface area is 105 Å². The van der Waals surface area contributed by atoms with Gasteiger partial charge in [0, 0.05) is 6.42 Å². The topological polar surface area (TPSA) is 79.3 Å². The van der Waals surface area contributed by atoms with Crippen LogP contribution in [-0.2, 0) is 16.0 Å². The minimum atomic E-state index is -1.13. The van der Waals surface area contributed by atoms with Gasteiger partial charge in [-0.25, -0.2) is 14.2 Å². The van der Waals surface area contributed by atoms with E-state index in [4.69, 9.17) is 5.11 Å². The maximum absolute atomic E-state index is 13.0. The number of thiazole rings is 1. The molecule has 2 N–H and O–H groups in total. The average Bonchev–Trinajstić information content (AvgIpc) is 2.69. The minimum absolute atomic E-state index is 0.0784. The summed E-state index contributed by atoms with van der Waals surface area (Å²) in [6.07, 6.45) is 0.417. The molecule has 0 radical (unpaired) electrons. The van der Waals surface area contributed by atoms with Gasteiger partial charge in [0.25, 0.3) is 0 Å². The first kappa shape index (κ1) is 12.4. The van der Waals surface area contributed by atoms with Crippen LogP contribution in [0.25, 0.3) is 10.2 Å². The highest BCUT2D eigenvalue weighted by Crippen LogP contribution is 2.23. The van der Waals surface area contributed by atoms with Crippen molar-refractivity contribution in [3.05, 3.63) is 29.0 Å². The van der Waals surface area contributed by atoms with E-state index in [1.807, 2.05) is 0 Å². The molecule has 5 nitrogen and oxygen atoms in total. The van der Waals surface area contributed by atoms with Crippen LogP contribution in [0.4, 0.5) is 4.39 Å². The highest BCUT2D eigenvalue weighted by molar-refractivity contribution is 7.18. The van der Waals surface area contributed by atoms with E-state index in [-0.39, 0.29) is 12.2 Å². The highest BCUT2D eigenvalue weighted by atomic mass is 32.1. The first-order chi connectivity index (χ1) is 8.60. The number of hydrogen-bond donors (Lipinski definition) is 2. The van der Waals surface area contributed by atoms with E-state index in [0.29, 0.717) is 21.6 Å². The smallest absolute Gasteiger partial charge is 0.326 e. The van der Waals surface area contributed by atoms with Crippen LogP contribution >= 0.6 is 11.3 Å². The van der Waals surface area contributed by atoms with Crippen molar-refractivity contribution in [2.24, 2.45) is 0 Å². The Morgan fingerprint density at radius 2 is 2.39 bits per heavy atom. The fraction of sp³-hybridized carbons (Fsp3) is 0.182. The summed E-state index contributed by atoms with van der Waals surface area (Å²) in [6.45, 7) is 0. The van der Waals surface area contributed by atoms with Gasteiger partial charge in [-0.15, -0.1) is 11.3 Å². The molecule has 0 spiro atoms. The summed E-state index contributed by atoms with van der Waals surface area (Å²) in [7, 11) is 0. The van der Waals surface area contributed by atoms with Crippen molar-refractivity contribution in [1.29, 1.82) is 0 Å².